The lowest BCUT2D eigenvalue weighted by atomic mass is 10.0. The van der Waals surface area contributed by atoms with Crippen molar-refractivity contribution in [3.63, 3.8) is 0 Å². The van der Waals surface area contributed by atoms with E-state index in [9.17, 15) is 0 Å². The van der Waals surface area contributed by atoms with Gasteiger partial charge in [0.1, 0.15) is 11.5 Å². The van der Waals surface area contributed by atoms with Crippen LogP contribution in [0.1, 0.15) is 25.3 Å². The molecular weight excluding hydrogens is 176 g/mol. The number of methoxy groups -OCH3 is 1. The molecular formula is C12H17O2. The molecule has 1 aromatic rings. The Hall–Kier alpha value is -1.18. The first-order valence-corrected chi connectivity index (χ1v) is 4.82. The van der Waals surface area contributed by atoms with Gasteiger partial charge in [-0.05, 0) is 38.0 Å². The van der Waals surface area contributed by atoms with Crippen LogP contribution in [0.15, 0.2) is 18.2 Å². The van der Waals surface area contributed by atoms with Gasteiger partial charge < -0.3 is 9.47 Å². The first-order chi connectivity index (χ1) is 6.69. The Balaban J connectivity index is 3.03. The van der Waals surface area contributed by atoms with Crippen LogP contribution in [0.2, 0.25) is 0 Å². The van der Waals surface area contributed by atoms with Gasteiger partial charge >= 0.3 is 0 Å². The second kappa shape index (κ2) is 4.89. The van der Waals surface area contributed by atoms with E-state index in [1.165, 1.54) is 0 Å². The van der Waals surface area contributed by atoms with Crippen molar-refractivity contribution in [1.29, 1.82) is 0 Å². The molecule has 0 aromatic heterocycles. The summed E-state index contributed by atoms with van der Waals surface area (Å²) in [5.41, 5.74) is 1.09. The Morgan fingerprint density at radius 2 is 2.14 bits per heavy atom. The number of hydrogen-bond acceptors (Lipinski definition) is 2. The molecule has 1 radical (unpaired) electrons. The molecule has 2 heteroatoms. The van der Waals surface area contributed by atoms with E-state index in [4.69, 9.17) is 9.47 Å². The minimum atomic E-state index is 0.201. The van der Waals surface area contributed by atoms with Crippen LogP contribution in [0.3, 0.4) is 0 Å². The largest absolute Gasteiger partial charge is 0.497 e. The van der Waals surface area contributed by atoms with Crippen molar-refractivity contribution in [2.75, 3.05) is 13.7 Å². The van der Waals surface area contributed by atoms with Crippen LogP contribution in [0.4, 0.5) is 0 Å². The molecule has 2 nitrogen and oxygen atoms in total. The summed E-state index contributed by atoms with van der Waals surface area (Å²) < 4.78 is 10.7. The number of benzene rings is 1. The van der Waals surface area contributed by atoms with E-state index in [0.29, 0.717) is 6.61 Å². The van der Waals surface area contributed by atoms with Crippen LogP contribution in [0.25, 0.3) is 0 Å². The maximum Gasteiger partial charge on any atom is 0.123 e. The lowest BCUT2D eigenvalue weighted by Crippen LogP contribution is -1.99. The summed E-state index contributed by atoms with van der Waals surface area (Å²) in [4.78, 5) is 0. The van der Waals surface area contributed by atoms with Crippen LogP contribution in [0.5, 0.6) is 11.5 Å². The first-order valence-electron chi connectivity index (χ1n) is 4.82. The lowest BCUT2D eigenvalue weighted by Gasteiger charge is -2.14. The fourth-order valence-electron chi connectivity index (χ4n) is 1.33. The monoisotopic (exact) mass is 193 g/mol. The smallest absolute Gasteiger partial charge is 0.123 e. The summed E-state index contributed by atoms with van der Waals surface area (Å²) in [6, 6.07) is 5.80. The third kappa shape index (κ3) is 2.41. The van der Waals surface area contributed by atoms with Gasteiger partial charge in [-0.3, -0.25) is 0 Å². The Bertz CT molecular complexity index is 292. The molecule has 0 amide bonds. The molecule has 1 aromatic carbocycles. The summed E-state index contributed by atoms with van der Waals surface area (Å²) in [6.07, 6.45) is 0. The topological polar surface area (TPSA) is 18.5 Å². The Kier molecular flexibility index (Phi) is 3.81. The van der Waals surface area contributed by atoms with Crippen molar-refractivity contribution >= 4 is 0 Å². The van der Waals surface area contributed by atoms with Gasteiger partial charge in [-0.2, -0.15) is 0 Å². The molecule has 0 aliphatic carbocycles. The maximum absolute atomic E-state index is 5.50. The molecule has 0 saturated carbocycles. The quantitative estimate of drug-likeness (QED) is 0.731. The molecule has 0 aliphatic heterocycles. The summed E-state index contributed by atoms with van der Waals surface area (Å²) in [5, 5.41) is 0. The van der Waals surface area contributed by atoms with Crippen molar-refractivity contribution in [1.82, 2.24) is 0 Å². The second-order valence-electron chi connectivity index (χ2n) is 3.24. The molecule has 1 atom stereocenters. The summed E-state index contributed by atoms with van der Waals surface area (Å²) in [5.74, 6) is 1.95. The van der Waals surface area contributed by atoms with Gasteiger partial charge in [0, 0.05) is 5.56 Å². The summed E-state index contributed by atoms with van der Waals surface area (Å²) in [7, 11) is 1.66. The SMILES string of the molecule is [CH2]C(C)c1cc(OC)ccc1OCC. The zero-order valence-corrected chi connectivity index (χ0v) is 9.04. The average molecular weight is 193 g/mol. The molecule has 77 valence electrons. The Morgan fingerprint density at radius 1 is 1.43 bits per heavy atom. The zero-order chi connectivity index (χ0) is 10.6. The van der Waals surface area contributed by atoms with Crippen molar-refractivity contribution in [2.24, 2.45) is 0 Å². The van der Waals surface area contributed by atoms with Crippen molar-refractivity contribution in [2.45, 2.75) is 19.8 Å². The van der Waals surface area contributed by atoms with Crippen molar-refractivity contribution in [3.8, 4) is 11.5 Å². The number of hydrogen-bond donors (Lipinski definition) is 0. The molecule has 1 rings (SSSR count). The Morgan fingerprint density at radius 3 is 2.64 bits per heavy atom. The molecule has 0 N–H and O–H groups in total. The van der Waals surface area contributed by atoms with Crippen molar-refractivity contribution < 1.29 is 9.47 Å². The van der Waals surface area contributed by atoms with Gasteiger partial charge in [0.15, 0.2) is 0 Å². The van der Waals surface area contributed by atoms with Gasteiger partial charge in [0.05, 0.1) is 13.7 Å². The number of ether oxygens (including phenoxy) is 2. The van der Waals surface area contributed by atoms with Gasteiger partial charge in [-0.15, -0.1) is 0 Å². The van der Waals surface area contributed by atoms with Gasteiger partial charge in [-0.25, -0.2) is 0 Å². The summed E-state index contributed by atoms with van der Waals surface area (Å²) >= 11 is 0. The average Bonchev–Trinajstić information content (AvgIpc) is 2.18. The third-order valence-electron chi connectivity index (χ3n) is 2.05. The molecule has 0 saturated heterocycles. The van der Waals surface area contributed by atoms with Gasteiger partial charge in [-0.1, -0.05) is 6.92 Å². The standard InChI is InChI=1S/C12H17O2/c1-5-14-12-7-6-10(13-4)8-11(12)9(2)3/h6-9H,2,5H2,1,3-4H3. The van der Waals surface area contributed by atoms with Gasteiger partial charge in [0.2, 0.25) is 0 Å². The predicted octanol–water partition coefficient (Wildman–Crippen LogP) is 3.03. The van der Waals surface area contributed by atoms with Gasteiger partial charge in [0.25, 0.3) is 0 Å². The van der Waals surface area contributed by atoms with Crippen molar-refractivity contribution in [3.05, 3.63) is 30.7 Å². The maximum atomic E-state index is 5.50. The van der Waals surface area contributed by atoms with Crippen LogP contribution >= 0.6 is 0 Å². The number of rotatable bonds is 4. The normalized spacial score (nSPS) is 10.4. The zero-order valence-electron chi connectivity index (χ0n) is 9.04. The van der Waals surface area contributed by atoms with Crippen LogP contribution in [-0.4, -0.2) is 13.7 Å². The molecule has 14 heavy (non-hydrogen) atoms. The van der Waals surface area contributed by atoms with E-state index in [1.807, 2.05) is 32.0 Å². The molecule has 0 bridgehead atoms. The minimum absolute atomic E-state index is 0.201. The second-order valence-corrected chi connectivity index (χ2v) is 3.24. The minimum Gasteiger partial charge on any atom is -0.497 e. The van der Waals surface area contributed by atoms with Crippen LogP contribution < -0.4 is 9.47 Å². The third-order valence-corrected chi connectivity index (χ3v) is 2.05. The van der Waals surface area contributed by atoms with E-state index in [2.05, 4.69) is 6.92 Å². The highest BCUT2D eigenvalue weighted by atomic mass is 16.5. The lowest BCUT2D eigenvalue weighted by molar-refractivity contribution is 0.334. The highest BCUT2D eigenvalue weighted by molar-refractivity contribution is 5.42. The van der Waals surface area contributed by atoms with Crippen LogP contribution in [0, 0.1) is 6.92 Å². The van der Waals surface area contributed by atoms with E-state index in [0.717, 1.165) is 17.1 Å². The van der Waals surface area contributed by atoms with E-state index >= 15 is 0 Å². The fraction of sp³-hybridized carbons (Fsp3) is 0.417. The predicted molar refractivity (Wildman–Crippen MR) is 57.9 cm³/mol. The molecule has 0 heterocycles. The Labute approximate surface area is 85.8 Å². The van der Waals surface area contributed by atoms with Crippen LogP contribution in [-0.2, 0) is 0 Å². The molecule has 0 aliphatic rings. The summed E-state index contributed by atoms with van der Waals surface area (Å²) in [6.45, 7) is 8.68. The highest BCUT2D eigenvalue weighted by Crippen LogP contribution is 2.29. The molecule has 0 fully saturated rings. The van der Waals surface area contributed by atoms with E-state index < -0.39 is 0 Å². The highest BCUT2D eigenvalue weighted by Gasteiger charge is 2.08. The molecule has 0 spiro atoms. The molecule has 1 unspecified atom stereocenters. The fourth-order valence-corrected chi connectivity index (χ4v) is 1.33. The van der Waals surface area contributed by atoms with E-state index in [-0.39, 0.29) is 5.92 Å². The first kappa shape index (κ1) is 10.9. The van der Waals surface area contributed by atoms with E-state index in [1.54, 1.807) is 7.11 Å².